The molecule has 3 heterocycles. The Morgan fingerprint density at radius 3 is 1.06 bits per heavy atom. The largest absolute Gasteiger partial charge is 0.394 e. The van der Waals surface area contributed by atoms with Crippen LogP contribution in [0.2, 0.25) is 0 Å². The van der Waals surface area contributed by atoms with Crippen LogP contribution in [0.5, 0.6) is 0 Å². The number of allylic oxidation sites excluding steroid dienone is 1. The molecule has 17 unspecified atom stereocenters. The molecule has 3 aliphatic heterocycles. The highest BCUT2D eigenvalue weighted by Gasteiger charge is 2.53. The summed E-state index contributed by atoms with van der Waals surface area (Å²) in [7, 11) is 0. The first-order chi connectivity index (χ1) is 43.3. The standard InChI is InChI=1S/C70H133NO18/c1-3-5-7-9-11-13-15-17-19-21-23-25-27-29-31-33-35-37-39-41-43-45-47-54(75)53(71-58(76)48-46-44-42-40-38-36-34-32-30-28-26-24-22-20-18-16-14-12-10-8-6-4-2)52-84-68-64(82)61(79)66(56(50-73)86-68)89-70-65(83)62(80)67(57(51-74)87-70)88-69-63(81)60(78)59(77)55(49-72)85-69/h45,47,53-57,59-70,72-75,77-83H,3-44,46,48-52H2,1-2H3,(H,71,76)/b47-45+. The molecule has 17 atom stereocenters. The molecule has 3 fully saturated rings. The van der Waals surface area contributed by atoms with Gasteiger partial charge in [-0.1, -0.05) is 283 Å². The molecule has 3 saturated heterocycles. The molecule has 0 bridgehead atoms. The number of carbonyl (C=O) groups excluding carboxylic acids is 1. The second-order valence-electron chi connectivity index (χ2n) is 26.4. The van der Waals surface area contributed by atoms with Crippen molar-refractivity contribution in [3.05, 3.63) is 12.2 Å². The predicted octanol–water partition coefficient (Wildman–Crippen LogP) is 10.1. The lowest BCUT2D eigenvalue weighted by molar-refractivity contribution is -0.379. The zero-order valence-corrected chi connectivity index (χ0v) is 55.7. The maximum atomic E-state index is 13.4. The molecule has 0 radical (unpaired) electrons. The molecule has 0 saturated carbocycles. The Bertz CT molecular complexity index is 1670. The summed E-state index contributed by atoms with van der Waals surface area (Å²) in [4.78, 5) is 13.4. The molecule has 526 valence electrons. The van der Waals surface area contributed by atoms with Crippen LogP contribution in [0.15, 0.2) is 12.2 Å². The van der Waals surface area contributed by atoms with Crippen LogP contribution in [0.4, 0.5) is 0 Å². The highest BCUT2D eigenvalue weighted by Crippen LogP contribution is 2.33. The fraction of sp³-hybridized carbons (Fsp3) is 0.957. The van der Waals surface area contributed by atoms with Gasteiger partial charge in [0.05, 0.1) is 38.6 Å². The van der Waals surface area contributed by atoms with Gasteiger partial charge in [0.25, 0.3) is 0 Å². The molecule has 3 aliphatic rings. The van der Waals surface area contributed by atoms with Crippen molar-refractivity contribution in [2.75, 3.05) is 26.4 Å². The summed E-state index contributed by atoms with van der Waals surface area (Å²) in [5.74, 6) is -0.268. The molecule has 0 spiro atoms. The lowest BCUT2D eigenvalue weighted by Crippen LogP contribution is -2.66. The molecule has 89 heavy (non-hydrogen) atoms. The number of amides is 1. The van der Waals surface area contributed by atoms with E-state index in [4.69, 9.17) is 28.4 Å². The van der Waals surface area contributed by atoms with E-state index in [1.54, 1.807) is 6.08 Å². The van der Waals surface area contributed by atoms with Crippen molar-refractivity contribution in [3.63, 3.8) is 0 Å². The molecule has 0 aromatic carbocycles. The number of aliphatic hydroxyl groups excluding tert-OH is 11. The zero-order valence-electron chi connectivity index (χ0n) is 55.7. The smallest absolute Gasteiger partial charge is 0.220 e. The molecule has 19 heteroatoms. The van der Waals surface area contributed by atoms with Crippen molar-refractivity contribution in [2.45, 2.75) is 401 Å². The number of rotatable bonds is 57. The van der Waals surface area contributed by atoms with E-state index in [9.17, 15) is 61.0 Å². The van der Waals surface area contributed by atoms with Crippen molar-refractivity contribution in [1.29, 1.82) is 0 Å². The van der Waals surface area contributed by atoms with Crippen molar-refractivity contribution in [2.24, 2.45) is 0 Å². The predicted molar refractivity (Wildman–Crippen MR) is 347 cm³/mol. The Morgan fingerprint density at radius 1 is 0.393 bits per heavy atom. The van der Waals surface area contributed by atoms with E-state index in [2.05, 4.69) is 19.2 Å². The third-order valence-corrected chi connectivity index (χ3v) is 18.6. The van der Waals surface area contributed by atoms with Crippen molar-refractivity contribution >= 4 is 5.91 Å². The Hall–Kier alpha value is -1.47. The minimum atomic E-state index is -1.98. The number of carbonyl (C=O) groups is 1. The van der Waals surface area contributed by atoms with Gasteiger partial charge in [-0.25, -0.2) is 0 Å². The lowest BCUT2D eigenvalue weighted by Gasteiger charge is -2.48. The minimum absolute atomic E-state index is 0.250. The summed E-state index contributed by atoms with van der Waals surface area (Å²) in [5.41, 5.74) is 0. The Kier molecular flexibility index (Phi) is 48.5. The summed E-state index contributed by atoms with van der Waals surface area (Å²) >= 11 is 0. The van der Waals surface area contributed by atoms with Gasteiger partial charge >= 0.3 is 0 Å². The SMILES string of the molecule is CCCCCCCCCCCCCCCCCCCCCC/C=C/C(O)C(COC1OC(CO)C(OC2OC(CO)C(OC3OC(CO)C(O)C(O)C3O)C(O)C2O)C(O)C1O)NC(=O)CCCCCCCCCCCCCCCCCCCCCCCC. The number of ether oxygens (including phenoxy) is 6. The molecule has 0 aliphatic carbocycles. The first kappa shape index (κ1) is 81.8. The maximum absolute atomic E-state index is 13.4. The number of nitrogens with one attached hydrogen (secondary N) is 1. The number of aliphatic hydroxyl groups is 11. The van der Waals surface area contributed by atoms with E-state index in [-0.39, 0.29) is 18.9 Å². The number of hydrogen-bond acceptors (Lipinski definition) is 18. The monoisotopic (exact) mass is 1280 g/mol. The summed E-state index contributed by atoms with van der Waals surface area (Å²) in [6, 6.07) is -0.969. The van der Waals surface area contributed by atoms with Gasteiger partial charge in [0.15, 0.2) is 18.9 Å². The van der Waals surface area contributed by atoms with E-state index in [0.29, 0.717) is 6.42 Å². The van der Waals surface area contributed by atoms with Crippen LogP contribution in [-0.2, 0) is 33.2 Å². The normalized spacial score (nSPS) is 28.2. The fourth-order valence-corrected chi connectivity index (χ4v) is 12.7. The zero-order chi connectivity index (χ0) is 64.7. The van der Waals surface area contributed by atoms with E-state index < -0.39 is 124 Å². The van der Waals surface area contributed by atoms with Crippen molar-refractivity contribution < 1.29 is 89.4 Å². The number of unbranched alkanes of at least 4 members (excludes halogenated alkanes) is 41. The summed E-state index contributed by atoms with van der Waals surface area (Å²) in [6.45, 7) is 1.79. The average molecular weight is 1280 g/mol. The highest BCUT2D eigenvalue weighted by atomic mass is 16.8. The van der Waals surface area contributed by atoms with Gasteiger partial charge in [0.2, 0.25) is 5.91 Å². The van der Waals surface area contributed by atoms with Crippen LogP contribution in [0.1, 0.15) is 296 Å². The van der Waals surface area contributed by atoms with E-state index in [1.165, 1.54) is 225 Å². The first-order valence-electron chi connectivity index (χ1n) is 36.4. The number of hydrogen-bond donors (Lipinski definition) is 12. The van der Waals surface area contributed by atoms with Gasteiger partial charge in [-0.05, 0) is 19.3 Å². The molecule has 3 rings (SSSR count). The van der Waals surface area contributed by atoms with E-state index in [1.807, 2.05) is 6.08 Å². The second-order valence-corrected chi connectivity index (χ2v) is 26.4. The summed E-state index contributed by atoms with van der Waals surface area (Å²) in [6.07, 6.45) is 31.8. The summed E-state index contributed by atoms with van der Waals surface area (Å²) in [5, 5.41) is 121. The molecule has 19 nitrogen and oxygen atoms in total. The van der Waals surface area contributed by atoms with Crippen LogP contribution in [0.25, 0.3) is 0 Å². The van der Waals surface area contributed by atoms with Gasteiger partial charge in [-0.2, -0.15) is 0 Å². The Labute approximate surface area is 537 Å². The molecular weight excluding hydrogens is 1140 g/mol. The van der Waals surface area contributed by atoms with Crippen LogP contribution < -0.4 is 5.32 Å². The van der Waals surface area contributed by atoms with Gasteiger partial charge in [0, 0.05) is 6.42 Å². The van der Waals surface area contributed by atoms with Gasteiger partial charge in [-0.15, -0.1) is 0 Å². The highest BCUT2D eigenvalue weighted by molar-refractivity contribution is 5.76. The van der Waals surface area contributed by atoms with Crippen molar-refractivity contribution in [3.8, 4) is 0 Å². The molecule has 12 N–H and O–H groups in total. The average Bonchev–Trinajstić information content (AvgIpc) is 1.92. The lowest BCUT2D eigenvalue weighted by atomic mass is 9.96. The first-order valence-corrected chi connectivity index (χ1v) is 36.4. The summed E-state index contributed by atoms with van der Waals surface area (Å²) < 4.78 is 34.4. The van der Waals surface area contributed by atoms with Gasteiger partial charge in [-0.3, -0.25) is 4.79 Å². The van der Waals surface area contributed by atoms with Crippen LogP contribution >= 0.6 is 0 Å². The van der Waals surface area contributed by atoms with Gasteiger partial charge < -0.3 is 89.9 Å². The second kappa shape index (κ2) is 52.8. The molecular formula is C70H133NO18. The maximum Gasteiger partial charge on any atom is 0.220 e. The fourth-order valence-electron chi connectivity index (χ4n) is 12.7. The third-order valence-electron chi connectivity index (χ3n) is 18.6. The quantitative estimate of drug-likeness (QED) is 0.0199. The van der Waals surface area contributed by atoms with Crippen LogP contribution in [0.3, 0.4) is 0 Å². The Morgan fingerprint density at radius 2 is 0.697 bits per heavy atom. The van der Waals surface area contributed by atoms with Gasteiger partial charge in [0.1, 0.15) is 73.2 Å². The van der Waals surface area contributed by atoms with E-state index >= 15 is 0 Å². The van der Waals surface area contributed by atoms with E-state index in [0.717, 1.165) is 44.9 Å². The minimum Gasteiger partial charge on any atom is -0.394 e. The van der Waals surface area contributed by atoms with Crippen LogP contribution in [0, 0.1) is 0 Å². The topological polar surface area (TPSA) is 307 Å². The molecule has 0 aromatic rings. The Balaban J connectivity index is 1.43. The van der Waals surface area contributed by atoms with Crippen molar-refractivity contribution in [1.82, 2.24) is 5.32 Å². The molecule has 1 amide bonds. The molecule has 0 aromatic heterocycles. The van der Waals surface area contributed by atoms with Crippen LogP contribution in [-0.4, -0.2) is 193 Å². The third kappa shape index (κ3) is 34.7.